The molecule has 0 aromatic heterocycles. The van der Waals surface area contributed by atoms with Gasteiger partial charge in [-0.05, 0) is 41.0 Å². The molecule has 0 saturated carbocycles. The van der Waals surface area contributed by atoms with Crippen molar-refractivity contribution >= 4 is 23.2 Å². The fourth-order valence-corrected chi connectivity index (χ4v) is 1.40. The van der Waals surface area contributed by atoms with E-state index >= 15 is 0 Å². The van der Waals surface area contributed by atoms with Crippen LogP contribution in [0.3, 0.4) is 0 Å². The van der Waals surface area contributed by atoms with Crippen LogP contribution in [-0.2, 0) is 0 Å². The maximum Gasteiger partial charge on any atom is 0.335 e. The minimum atomic E-state index is -0.880. The van der Waals surface area contributed by atoms with Crippen molar-refractivity contribution in [3.63, 3.8) is 0 Å². The average Bonchev–Trinajstić information content (AvgIpc) is 2.41. The first-order valence-electron chi connectivity index (χ1n) is 6.78. The second-order valence-corrected chi connectivity index (χ2v) is 6.20. The number of nitrogens with two attached hydrogens (primary N) is 1. The third-order valence-corrected chi connectivity index (χ3v) is 3.15. The summed E-state index contributed by atoms with van der Waals surface area (Å²) in [6, 6.07) is -0.544. The highest BCUT2D eigenvalue weighted by Gasteiger charge is 2.23. The highest BCUT2D eigenvalue weighted by molar-refractivity contribution is 8.11. The van der Waals surface area contributed by atoms with Crippen molar-refractivity contribution in [3.8, 4) is 0 Å². The number of nitrogens with zero attached hydrogens (tertiary/aromatic N) is 3. The lowest BCUT2D eigenvalue weighted by Crippen LogP contribution is -2.54. The van der Waals surface area contributed by atoms with E-state index in [0.29, 0.717) is 18.5 Å². The molecule has 0 fully saturated rings. The van der Waals surface area contributed by atoms with E-state index in [1.807, 2.05) is 20.8 Å². The molecule has 122 valence electrons. The Hall–Kier alpha value is -1.35. The van der Waals surface area contributed by atoms with Crippen LogP contribution < -0.4 is 15.9 Å². The number of hydrogen-bond acceptors (Lipinski definition) is 6. The first-order valence-corrected chi connectivity index (χ1v) is 7.66. The van der Waals surface area contributed by atoms with Crippen LogP contribution in [0, 0.1) is 0 Å². The van der Waals surface area contributed by atoms with Crippen molar-refractivity contribution in [3.05, 3.63) is 0 Å². The normalized spacial score (nSPS) is 12.3. The number of urea groups is 1. The Kier molecular flexibility index (Phi) is 7.65. The largest absolute Gasteiger partial charge is 0.335 e. The van der Waals surface area contributed by atoms with E-state index in [-0.39, 0.29) is 5.54 Å². The summed E-state index contributed by atoms with van der Waals surface area (Å²) < 4.78 is 0. The van der Waals surface area contributed by atoms with Gasteiger partial charge in [-0.25, -0.2) is 15.2 Å². The van der Waals surface area contributed by atoms with Crippen molar-refractivity contribution < 1.29 is 9.59 Å². The third-order valence-electron chi connectivity index (χ3n) is 2.73. The van der Waals surface area contributed by atoms with Gasteiger partial charge in [-0.2, -0.15) is 10.2 Å². The number of carbonyl (C=O) groups is 2. The molecule has 0 aromatic rings. The lowest BCUT2D eigenvalue weighted by molar-refractivity contribution is 0.182. The molecule has 0 spiro atoms. The highest BCUT2D eigenvalue weighted by Crippen LogP contribution is 2.17. The van der Waals surface area contributed by atoms with Gasteiger partial charge in [0.15, 0.2) is 0 Å². The molecule has 0 bridgehead atoms. The molecule has 0 rings (SSSR count). The molecule has 0 aliphatic heterocycles. The molecule has 0 heterocycles. The Morgan fingerprint density at radius 1 is 1.19 bits per heavy atom. The first kappa shape index (κ1) is 19.7. The van der Waals surface area contributed by atoms with Crippen molar-refractivity contribution in [2.24, 2.45) is 15.4 Å². The number of carbonyl (C=O) groups excluding carboxylic acids is 2. The zero-order chi connectivity index (χ0) is 16.7. The maximum absolute atomic E-state index is 11.9. The van der Waals surface area contributed by atoms with Gasteiger partial charge in [-0.3, -0.25) is 9.93 Å². The van der Waals surface area contributed by atoms with E-state index in [4.69, 9.17) is 5.14 Å². The fourth-order valence-electron chi connectivity index (χ4n) is 1.10. The topological polar surface area (TPSA) is 112 Å². The molecular weight excluding hydrogens is 292 g/mol. The van der Waals surface area contributed by atoms with Crippen LogP contribution in [0.5, 0.6) is 0 Å². The Morgan fingerprint density at radius 3 is 2.19 bits per heavy atom. The number of hydrogen-bond donors (Lipinski definition) is 3. The number of rotatable bonds is 5. The number of azo groups is 1. The first-order chi connectivity index (χ1) is 9.56. The van der Waals surface area contributed by atoms with E-state index in [1.165, 1.54) is 0 Å². The van der Waals surface area contributed by atoms with Crippen molar-refractivity contribution in [1.29, 1.82) is 0 Å². The minimum Gasteiger partial charge on any atom is -0.311 e. The van der Waals surface area contributed by atoms with Gasteiger partial charge >= 0.3 is 11.3 Å². The molecule has 4 N–H and O–H groups in total. The summed E-state index contributed by atoms with van der Waals surface area (Å²) in [6.45, 7) is 11.4. The zero-order valence-corrected chi connectivity index (χ0v) is 14.4. The van der Waals surface area contributed by atoms with E-state index < -0.39 is 16.9 Å². The van der Waals surface area contributed by atoms with Crippen LogP contribution >= 0.6 is 11.9 Å². The lowest BCUT2D eigenvalue weighted by atomic mass is 10.0. The summed E-state index contributed by atoms with van der Waals surface area (Å²) in [5.41, 5.74) is 1.26. The lowest BCUT2D eigenvalue weighted by Gasteiger charge is -2.26. The van der Waals surface area contributed by atoms with Crippen LogP contribution in [0.2, 0.25) is 0 Å². The van der Waals surface area contributed by atoms with Gasteiger partial charge in [-0.1, -0.05) is 6.92 Å². The fraction of sp³-hybridized carbons (Fsp3) is 0.833. The molecule has 9 heteroatoms. The van der Waals surface area contributed by atoms with Gasteiger partial charge in [0.1, 0.15) is 5.66 Å². The van der Waals surface area contributed by atoms with E-state index in [2.05, 4.69) is 21.0 Å². The maximum atomic E-state index is 11.9. The van der Waals surface area contributed by atoms with Crippen LogP contribution in [0.4, 0.5) is 9.59 Å². The van der Waals surface area contributed by atoms with Gasteiger partial charge in [-0.15, -0.1) is 0 Å². The molecule has 0 aliphatic rings. The SMILES string of the molecule is CCN(NC(=O)NC(C)(C)N=NC(C)(C)CC)C(=O)SN. The molecule has 3 amide bonds. The molecule has 0 unspecified atom stereocenters. The monoisotopic (exact) mass is 318 g/mol. The molecule has 8 nitrogen and oxygen atoms in total. The average molecular weight is 318 g/mol. The summed E-state index contributed by atoms with van der Waals surface area (Å²) >= 11 is 0.537. The molecule has 0 radical (unpaired) electrons. The van der Waals surface area contributed by atoms with Crippen LogP contribution in [0.1, 0.15) is 48.0 Å². The van der Waals surface area contributed by atoms with Gasteiger partial charge in [0.25, 0.3) is 0 Å². The van der Waals surface area contributed by atoms with Gasteiger partial charge in [0, 0.05) is 18.5 Å². The van der Waals surface area contributed by atoms with Gasteiger partial charge < -0.3 is 5.32 Å². The predicted molar refractivity (Wildman–Crippen MR) is 84.5 cm³/mol. The quantitative estimate of drug-likeness (QED) is 0.411. The summed E-state index contributed by atoms with van der Waals surface area (Å²) in [7, 11) is 0. The third kappa shape index (κ3) is 7.86. The highest BCUT2D eigenvalue weighted by atomic mass is 32.2. The Bertz CT molecular complexity index is 397. The van der Waals surface area contributed by atoms with Crippen LogP contribution in [-0.4, -0.2) is 34.0 Å². The van der Waals surface area contributed by atoms with Crippen molar-refractivity contribution in [1.82, 2.24) is 15.8 Å². The van der Waals surface area contributed by atoms with Gasteiger partial charge in [0.2, 0.25) is 0 Å². The predicted octanol–water partition coefficient (Wildman–Crippen LogP) is 2.63. The summed E-state index contributed by atoms with van der Waals surface area (Å²) in [6.07, 6.45) is 0.838. The van der Waals surface area contributed by atoms with Crippen LogP contribution in [0.25, 0.3) is 0 Å². The summed E-state index contributed by atoms with van der Waals surface area (Å²) in [5, 5.41) is 16.9. The van der Waals surface area contributed by atoms with E-state index in [1.54, 1.807) is 20.8 Å². The van der Waals surface area contributed by atoms with Gasteiger partial charge in [0.05, 0.1) is 5.54 Å². The number of amides is 3. The summed E-state index contributed by atoms with van der Waals surface area (Å²) in [5.74, 6) is 0. The summed E-state index contributed by atoms with van der Waals surface area (Å²) in [4.78, 5) is 23.3. The zero-order valence-electron chi connectivity index (χ0n) is 13.6. The number of nitrogens with one attached hydrogen (secondary N) is 2. The molecule has 0 aromatic carbocycles. The second-order valence-electron chi connectivity index (χ2n) is 5.62. The molecule has 0 saturated heterocycles. The Balaban J connectivity index is 4.65. The molecule has 0 aliphatic carbocycles. The standard InChI is InChI=1S/C12H26N6O2S/c1-7-11(3,4)16-17-12(5,6)14-9(19)15-18(8-2)10(20)21-13/h7-8,13H2,1-6H3,(H2,14,15,19). The Morgan fingerprint density at radius 2 is 1.76 bits per heavy atom. The van der Waals surface area contributed by atoms with Crippen molar-refractivity contribution in [2.45, 2.75) is 59.2 Å². The van der Waals surface area contributed by atoms with E-state index in [9.17, 15) is 9.59 Å². The van der Waals surface area contributed by atoms with E-state index in [0.717, 1.165) is 11.4 Å². The molecular formula is C12H26N6O2S. The van der Waals surface area contributed by atoms with Crippen molar-refractivity contribution in [2.75, 3.05) is 6.54 Å². The number of hydrazine groups is 1. The van der Waals surface area contributed by atoms with Crippen LogP contribution in [0.15, 0.2) is 10.2 Å². The minimum absolute atomic E-state index is 0.281. The molecule has 0 atom stereocenters. The molecule has 21 heavy (non-hydrogen) atoms. The Labute approximate surface area is 130 Å². The smallest absolute Gasteiger partial charge is 0.311 e. The second kappa shape index (κ2) is 8.18.